The van der Waals surface area contributed by atoms with Crippen molar-refractivity contribution in [3.63, 3.8) is 0 Å². The highest BCUT2D eigenvalue weighted by Crippen LogP contribution is 2.45. The minimum absolute atomic E-state index is 0.134. The largest absolute Gasteiger partial charge is 0.496 e. The molecule has 2 aromatic carbocycles. The second-order valence-corrected chi connectivity index (χ2v) is 10.2. The number of furan rings is 1. The van der Waals surface area contributed by atoms with E-state index in [0.717, 1.165) is 36.3 Å². The molecule has 3 heterocycles. The van der Waals surface area contributed by atoms with Crippen LogP contribution in [0.2, 0.25) is 0 Å². The van der Waals surface area contributed by atoms with Crippen molar-refractivity contribution >= 4 is 5.91 Å². The number of amides is 1. The molecule has 0 aliphatic carbocycles. The SMILES string of the molecule is COc1ccccc1[C@@]1(CCN(Cc2ccc3c(c2)OCO3)C(=O)c2ccco2)CCO[C@@H](C(C)C)C1. The van der Waals surface area contributed by atoms with Gasteiger partial charge in [-0.1, -0.05) is 38.1 Å². The van der Waals surface area contributed by atoms with Crippen molar-refractivity contribution in [3.05, 3.63) is 77.7 Å². The van der Waals surface area contributed by atoms with Crippen LogP contribution in [0.15, 0.2) is 65.3 Å². The average Bonchev–Trinajstić information content (AvgIpc) is 3.63. The Bertz CT molecular complexity index is 1210. The molecule has 5 rings (SSSR count). The predicted octanol–water partition coefficient (Wildman–Crippen LogP) is 5.82. The molecule has 37 heavy (non-hydrogen) atoms. The molecule has 0 saturated carbocycles. The zero-order chi connectivity index (χ0) is 25.8. The van der Waals surface area contributed by atoms with Gasteiger partial charge < -0.3 is 28.3 Å². The van der Waals surface area contributed by atoms with Gasteiger partial charge in [0.15, 0.2) is 17.3 Å². The van der Waals surface area contributed by atoms with Crippen LogP contribution in [0.5, 0.6) is 17.2 Å². The topological polar surface area (TPSA) is 70.4 Å². The molecule has 1 aromatic heterocycles. The van der Waals surface area contributed by atoms with E-state index in [1.165, 1.54) is 11.8 Å². The van der Waals surface area contributed by atoms with Crippen LogP contribution in [0.4, 0.5) is 0 Å². The number of ether oxygens (including phenoxy) is 4. The van der Waals surface area contributed by atoms with Crippen molar-refractivity contribution in [2.45, 2.75) is 51.2 Å². The van der Waals surface area contributed by atoms with E-state index in [1.807, 2.05) is 35.2 Å². The van der Waals surface area contributed by atoms with Gasteiger partial charge in [0, 0.05) is 30.7 Å². The van der Waals surface area contributed by atoms with E-state index < -0.39 is 0 Å². The molecule has 0 unspecified atom stereocenters. The molecule has 196 valence electrons. The summed E-state index contributed by atoms with van der Waals surface area (Å²) in [6, 6.07) is 17.5. The predicted molar refractivity (Wildman–Crippen MR) is 139 cm³/mol. The lowest BCUT2D eigenvalue weighted by molar-refractivity contribution is -0.0488. The van der Waals surface area contributed by atoms with E-state index in [2.05, 4.69) is 26.0 Å². The first kappa shape index (κ1) is 25.2. The highest BCUT2D eigenvalue weighted by molar-refractivity contribution is 5.91. The molecule has 1 amide bonds. The van der Waals surface area contributed by atoms with Crippen LogP contribution < -0.4 is 14.2 Å². The van der Waals surface area contributed by atoms with Crippen molar-refractivity contribution in [3.8, 4) is 17.2 Å². The maximum atomic E-state index is 13.6. The molecular weight excluding hydrogens is 470 g/mol. The van der Waals surface area contributed by atoms with Gasteiger partial charge in [-0.2, -0.15) is 0 Å². The summed E-state index contributed by atoms with van der Waals surface area (Å²) in [6.07, 6.45) is 4.19. The number of rotatable bonds is 9. The van der Waals surface area contributed by atoms with Gasteiger partial charge in [0.05, 0.1) is 19.5 Å². The number of fused-ring (bicyclic) bond motifs is 1. The molecule has 0 N–H and O–H groups in total. The molecule has 1 fully saturated rings. The van der Waals surface area contributed by atoms with Crippen molar-refractivity contribution in [1.29, 1.82) is 0 Å². The van der Waals surface area contributed by atoms with Gasteiger partial charge in [0.1, 0.15) is 5.75 Å². The minimum Gasteiger partial charge on any atom is -0.496 e. The number of carbonyl (C=O) groups excluding carboxylic acids is 1. The summed E-state index contributed by atoms with van der Waals surface area (Å²) in [5, 5.41) is 0. The maximum absolute atomic E-state index is 13.6. The van der Waals surface area contributed by atoms with Crippen LogP contribution >= 0.6 is 0 Å². The molecule has 1 saturated heterocycles. The Kier molecular flexibility index (Phi) is 7.42. The first-order chi connectivity index (χ1) is 18.0. The first-order valence-corrected chi connectivity index (χ1v) is 13.0. The van der Waals surface area contributed by atoms with Crippen molar-refractivity contribution in [2.75, 3.05) is 27.1 Å². The number of para-hydroxylation sites is 1. The molecule has 0 radical (unpaired) electrons. The van der Waals surface area contributed by atoms with Crippen LogP contribution in [0.1, 0.15) is 54.8 Å². The zero-order valence-corrected chi connectivity index (χ0v) is 21.8. The summed E-state index contributed by atoms with van der Waals surface area (Å²) in [6.45, 7) is 6.29. The second kappa shape index (κ2) is 10.9. The highest BCUT2D eigenvalue weighted by Gasteiger charge is 2.41. The lowest BCUT2D eigenvalue weighted by Gasteiger charge is -2.44. The Balaban J connectivity index is 1.45. The molecule has 2 aliphatic heterocycles. The van der Waals surface area contributed by atoms with Crippen molar-refractivity contribution < 1.29 is 28.2 Å². The molecular formula is C30H35NO6. The molecule has 3 aromatic rings. The van der Waals surface area contributed by atoms with Crippen molar-refractivity contribution in [2.24, 2.45) is 5.92 Å². The summed E-state index contributed by atoms with van der Waals surface area (Å²) < 4.78 is 28.5. The van der Waals surface area contributed by atoms with Gasteiger partial charge in [-0.15, -0.1) is 0 Å². The number of benzene rings is 2. The highest BCUT2D eigenvalue weighted by atomic mass is 16.7. The Labute approximate surface area is 218 Å². The van der Waals surface area contributed by atoms with Crippen LogP contribution in [0.25, 0.3) is 0 Å². The fourth-order valence-corrected chi connectivity index (χ4v) is 5.49. The molecule has 0 bridgehead atoms. The number of methoxy groups -OCH3 is 1. The van der Waals surface area contributed by atoms with Gasteiger partial charge >= 0.3 is 0 Å². The van der Waals surface area contributed by atoms with Gasteiger partial charge in [0.25, 0.3) is 5.91 Å². The van der Waals surface area contributed by atoms with Gasteiger partial charge in [0.2, 0.25) is 6.79 Å². The van der Waals surface area contributed by atoms with Gasteiger partial charge in [-0.3, -0.25) is 4.79 Å². The van der Waals surface area contributed by atoms with Crippen LogP contribution in [0.3, 0.4) is 0 Å². The van der Waals surface area contributed by atoms with E-state index in [-0.39, 0.29) is 24.2 Å². The Morgan fingerprint density at radius 2 is 1.95 bits per heavy atom. The fraction of sp³-hybridized carbons (Fsp3) is 0.433. The quantitative estimate of drug-likeness (QED) is 0.365. The Morgan fingerprint density at radius 1 is 1.11 bits per heavy atom. The lowest BCUT2D eigenvalue weighted by Crippen LogP contribution is -2.44. The first-order valence-electron chi connectivity index (χ1n) is 13.0. The molecule has 2 atom stereocenters. The number of nitrogens with zero attached hydrogens (tertiary/aromatic N) is 1. The fourth-order valence-electron chi connectivity index (χ4n) is 5.49. The molecule has 0 spiro atoms. The van der Waals surface area contributed by atoms with E-state index >= 15 is 0 Å². The molecule has 2 aliphatic rings. The number of hydrogen-bond donors (Lipinski definition) is 0. The average molecular weight is 506 g/mol. The third-order valence-electron chi connectivity index (χ3n) is 7.62. The Morgan fingerprint density at radius 3 is 2.73 bits per heavy atom. The van der Waals surface area contributed by atoms with Crippen LogP contribution in [0, 0.1) is 5.92 Å². The summed E-state index contributed by atoms with van der Waals surface area (Å²) in [7, 11) is 1.72. The van der Waals surface area contributed by atoms with Crippen molar-refractivity contribution in [1.82, 2.24) is 4.90 Å². The second-order valence-electron chi connectivity index (χ2n) is 10.2. The van der Waals surface area contributed by atoms with Gasteiger partial charge in [-0.05, 0) is 61.1 Å². The molecule has 7 nitrogen and oxygen atoms in total. The maximum Gasteiger partial charge on any atom is 0.289 e. The van der Waals surface area contributed by atoms with Gasteiger partial charge in [-0.25, -0.2) is 0 Å². The summed E-state index contributed by atoms with van der Waals surface area (Å²) in [5.41, 5.74) is 1.97. The normalized spacial score (nSPS) is 20.7. The monoisotopic (exact) mass is 505 g/mol. The van der Waals surface area contributed by atoms with E-state index in [4.69, 9.17) is 23.4 Å². The Hall–Kier alpha value is -3.45. The third-order valence-corrected chi connectivity index (χ3v) is 7.62. The summed E-state index contributed by atoms with van der Waals surface area (Å²) in [5.74, 6) is 2.90. The zero-order valence-electron chi connectivity index (χ0n) is 21.8. The van der Waals surface area contributed by atoms with E-state index in [0.29, 0.717) is 37.1 Å². The lowest BCUT2D eigenvalue weighted by atomic mass is 9.68. The van der Waals surface area contributed by atoms with Crippen LogP contribution in [-0.2, 0) is 16.7 Å². The van der Waals surface area contributed by atoms with E-state index in [9.17, 15) is 4.79 Å². The van der Waals surface area contributed by atoms with E-state index in [1.54, 1.807) is 19.2 Å². The standard InChI is InChI=1S/C30H35NO6/c1-21(2)28-18-30(13-16-35-28,23-7-4-5-8-24(23)33-3)12-14-31(29(32)26-9-6-15-34-26)19-22-10-11-25-27(17-22)37-20-36-25/h4-11,15,17,21,28H,12-14,16,18-20H2,1-3H3/t28-,30+/m1/s1. The summed E-state index contributed by atoms with van der Waals surface area (Å²) in [4.78, 5) is 15.4. The molecule has 7 heteroatoms. The number of hydrogen-bond acceptors (Lipinski definition) is 6. The van der Waals surface area contributed by atoms with Crippen LogP contribution in [-0.4, -0.2) is 44.0 Å². The smallest absolute Gasteiger partial charge is 0.289 e. The minimum atomic E-state index is -0.184. The third kappa shape index (κ3) is 5.32. The summed E-state index contributed by atoms with van der Waals surface area (Å²) >= 11 is 0. The number of carbonyl (C=O) groups is 1.